The van der Waals surface area contributed by atoms with E-state index in [-0.39, 0.29) is 5.41 Å². The van der Waals surface area contributed by atoms with E-state index in [2.05, 4.69) is 170 Å². The molecule has 50 heavy (non-hydrogen) atoms. The Morgan fingerprint density at radius 2 is 1.28 bits per heavy atom. The minimum absolute atomic E-state index is 0.0603. The number of hydrogen-bond donors (Lipinski definition) is 0. The standard InChI is InChI=1S/C48H34N2/c1-48(2,3)36-25-33-20-22-40-42(31-18-16-30(17-19-31)35-10-8-24-49-29-35)28-43(41-23-21-34(26-36)46(33)47(40)41)32-9-6-11-37(27-32)50-44-14-5-4-12-38(44)39-13-7-15-45(39)50/h4-6,8-29H,1-3H3. The third-order valence-electron chi connectivity index (χ3n) is 10.6. The Morgan fingerprint density at radius 1 is 0.560 bits per heavy atom. The Morgan fingerprint density at radius 3 is 2.02 bits per heavy atom. The number of pyridine rings is 1. The quantitative estimate of drug-likeness (QED) is 0.139. The maximum Gasteiger partial charge on any atom is 0.0624 e. The summed E-state index contributed by atoms with van der Waals surface area (Å²) in [5.74, 6) is 0. The summed E-state index contributed by atoms with van der Waals surface area (Å²) < 4.78 is 2.38. The molecule has 0 atom stereocenters. The molecule has 0 bridgehead atoms. The summed E-state index contributed by atoms with van der Waals surface area (Å²) >= 11 is 0. The van der Waals surface area contributed by atoms with Crippen LogP contribution in [0.4, 0.5) is 0 Å². The van der Waals surface area contributed by atoms with E-state index in [1.165, 1.54) is 82.3 Å². The van der Waals surface area contributed by atoms with Gasteiger partial charge in [-0.05, 0) is 113 Å². The third kappa shape index (κ3) is 4.33. The minimum atomic E-state index is 0.0603. The molecular weight excluding hydrogens is 605 g/mol. The lowest BCUT2D eigenvalue weighted by Gasteiger charge is -2.23. The molecule has 0 aliphatic heterocycles. The monoisotopic (exact) mass is 638 g/mol. The van der Waals surface area contributed by atoms with Crippen LogP contribution in [0.3, 0.4) is 0 Å². The predicted molar refractivity (Wildman–Crippen MR) is 212 cm³/mol. The highest BCUT2D eigenvalue weighted by atomic mass is 15.0. The molecule has 7 aromatic carbocycles. The molecule has 1 aliphatic rings. The van der Waals surface area contributed by atoms with Crippen LogP contribution >= 0.6 is 0 Å². The van der Waals surface area contributed by atoms with Crippen LogP contribution in [-0.2, 0) is 5.41 Å². The molecule has 10 rings (SSSR count). The smallest absolute Gasteiger partial charge is 0.0624 e. The first kappa shape index (κ1) is 28.8. The number of nitrogens with zero attached hydrogens (tertiary/aromatic N) is 2. The van der Waals surface area contributed by atoms with Gasteiger partial charge in [0.05, 0.1) is 11.2 Å². The van der Waals surface area contributed by atoms with Crippen LogP contribution in [0.2, 0.25) is 0 Å². The van der Waals surface area contributed by atoms with Crippen LogP contribution < -0.4 is 0 Å². The normalized spacial score (nSPS) is 12.6. The fraction of sp³-hybridized carbons (Fsp3) is 0.0833. The van der Waals surface area contributed by atoms with Gasteiger partial charge in [0.15, 0.2) is 0 Å². The van der Waals surface area contributed by atoms with Crippen LogP contribution in [0.1, 0.15) is 37.6 Å². The molecule has 2 nitrogen and oxygen atoms in total. The Bertz CT molecular complexity index is 2840. The van der Waals surface area contributed by atoms with Gasteiger partial charge in [-0.3, -0.25) is 4.98 Å². The van der Waals surface area contributed by atoms with Gasteiger partial charge in [0.2, 0.25) is 0 Å². The van der Waals surface area contributed by atoms with E-state index in [1.54, 1.807) is 0 Å². The van der Waals surface area contributed by atoms with Crippen molar-refractivity contribution in [1.29, 1.82) is 0 Å². The molecule has 0 N–H and O–H groups in total. The Labute approximate surface area is 291 Å². The van der Waals surface area contributed by atoms with Crippen molar-refractivity contribution in [2.45, 2.75) is 26.2 Å². The van der Waals surface area contributed by atoms with Gasteiger partial charge in [0.1, 0.15) is 0 Å². The second-order valence-electron chi connectivity index (χ2n) is 14.6. The molecule has 9 aromatic rings. The van der Waals surface area contributed by atoms with Crippen molar-refractivity contribution in [2.75, 3.05) is 0 Å². The van der Waals surface area contributed by atoms with Crippen LogP contribution in [0.5, 0.6) is 0 Å². The van der Waals surface area contributed by atoms with Gasteiger partial charge in [-0.2, -0.15) is 0 Å². The first-order valence-corrected chi connectivity index (χ1v) is 17.4. The van der Waals surface area contributed by atoms with E-state index < -0.39 is 0 Å². The van der Waals surface area contributed by atoms with Gasteiger partial charge >= 0.3 is 0 Å². The number of rotatable bonds is 4. The van der Waals surface area contributed by atoms with Crippen molar-refractivity contribution in [1.82, 2.24) is 9.55 Å². The van der Waals surface area contributed by atoms with Crippen LogP contribution in [-0.4, -0.2) is 9.55 Å². The zero-order valence-corrected chi connectivity index (χ0v) is 28.3. The molecule has 0 fully saturated rings. The largest absolute Gasteiger partial charge is 0.309 e. The van der Waals surface area contributed by atoms with Crippen molar-refractivity contribution in [2.24, 2.45) is 0 Å². The molecule has 0 saturated heterocycles. The van der Waals surface area contributed by atoms with Gasteiger partial charge in [-0.15, -0.1) is 5.73 Å². The van der Waals surface area contributed by atoms with Crippen LogP contribution in [0.25, 0.3) is 94.4 Å². The van der Waals surface area contributed by atoms with E-state index in [0.29, 0.717) is 0 Å². The predicted octanol–water partition coefficient (Wildman–Crippen LogP) is 12.9. The van der Waals surface area contributed by atoms with Gasteiger partial charge in [0, 0.05) is 35.1 Å². The topological polar surface area (TPSA) is 17.8 Å². The molecule has 2 aromatic heterocycles. The molecule has 1 aliphatic carbocycles. The maximum absolute atomic E-state index is 4.35. The number of benzene rings is 7. The summed E-state index contributed by atoms with van der Waals surface area (Å²) in [5, 5.41) is 9.06. The summed E-state index contributed by atoms with van der Waals surface area (Å²) in [6.07, 6.45) is 7.97. The van der Waals surface area contributed by atoms with Crippen molar-refractivity contribution in [3.8, 4) is 39.1 Å². The second-order valence-corrected chi connectivity index (χ2v) is 14.6. The van der Waals surface area contributed by atoms with E-state index in [4.69, 9.17) is 0 Å². The lowest BCUT2D eigenvalue weighted by molar-refractivity contribution is 0.591. The molecule has 2 heteroatoms. The van der Waals surface area contributed by atoms with Crippen LogP contribution in [0.15, 0.2) is 146 Å². The lowest BCUT2D eigenvalue weighted by atomic mass is 9.81. The van der Waals surface area contributed by atoms with E-state index >= 15 is 0 Å². The lowest BCUT2D eigenvalue weighted by Crippen LogP contribution is -2.10. The highest BCUT2D eigenvalue weighted by Gasteiger charge is 2.22. The first-order chi connectivity index (χ1) is 24.4. The van der Waals surface area contributed by atoms with Crippen LogP contribution in [0, 0.1) is 0 Å². The summed E-state index contributed by atoms with van der Waals surface area (Å²) in [6, 6.07) is 47.4. The van der Waals surface area contributed by atoms with Gasteiger partial charge in [-0.1, -0.05) is 118 Å². The fourth-order valence-corrected chi connectivity index (χ4v) is 8.07. The van der Waals surface area contributed by atoms with E-state index in [9.17, 15) is 0 Å². The second kappa shape index (κ2) is 10.6. The number of para-hydroxylation sites is 1. The summed E-state index contributed by atoms with van der Waals surface area (Å²) in [4.78, 5) is 4.35. The molecule has 2 heterocycles. The van der Waals surface area contributed by atoms with Crippen molar-refractivity contribution in [3.63, 3.8) is 0 Å². The average molecular weight is 639 g/mol. The minimum Gasteiger partial charge on any atom is -0.309 e. The fourth-order valence-electron chi connectivity index (χ4n) is 8.07. The van der Waals surface area contributed by atoms with Crippen molar-refractivity contribution in [3.05, 3.63) is 162 Å². The van der Waals surface area contributed by atoms with Crippen molar-refractivity contribution < 1.29 is 0 Å². The number of aromatic nitrogens is 2. The zero-order valence-electron chi connectivity index (χ0n) is 28.3. The maximum atomic E-state index is 4.35. The molecule has 0 amide bonds. The van der Waals surface area contributed by atoms with Gasteiger partial charge in [0.25, 0.3) is 0 Å². The molecular formula is C48H34N2. The Hall–Kier alpha value is -6.21. The summed E-state index contributed by atoms with van der Waals surface area (Å²) in [6.45, 7) is 6.90. The first-order valence-electron chi connectivity index (χ1n) is 17.4. The SMILES string of the molecule is CC(C)(C)c1cc2ccc3c(-c4ccc(-c5cccnc5)cc4)cc(-c4cccc(-n5c6c(c7ccccc75)C=C=C6)c4)c4ccc(c1)c2c34. The van der Waals surface area contributed by atoms with Crippen molar-refractivity contribution >= 4 is 55.4 Å². The highest BCUT2D eigenvalue weighted by Crippen LogP contribution is 2.46. The van der Waals surface area contributed by atoms with Gasteiger partial charge in [-0.25, -0.2) is 0 Å². The number of fused-ring (bicyclic) bond motifs is 3. The summed E-state index contributed by atoms with van der Waals surface area (Å²) in [5.41, 5.74) is 16.7. The Kier molecular flexibility index (Phi) is 6.12. The molecule has 0 saturated carbocycles. The third-order valence-corrected chi connectivity index (χ3v) is 10.6. The molecule has 0 spiro atoms. The molecule has 0 unspecified atom stereocenters. The zero-order chi connectivity index (χ0) is 33.6. The van der Waals surface area contributed by atoms with E-state index in [1.807, 2.05) is 18.5 Å². The number of hydrogen-bond acceptors (Lipinski definition) is 1. The average Bonchev–Trinajstić information content (AvgIpc) is 3.75. The molecule has 0 radical (unpaired) electrons. The van der Waals surface area contributed by atoms with Gasteiger partial charge < -0.3 is 4.57 Å². The van der Waals surface area contributed by atoms with E-state index in [0.717, 1.165) is 16.8 Å². The summed E-state index contributed by atoms with van der Waals surface area (Å²) in [7, 11) is 0. The highest BCUT2D eigenvalue weighted by molar-refractivity contribution is 6.28. The Balaban J connectivity index is 1.24. The molecule has 236 valence electrons.